The summed E-state index contributed by atoms with van der Waals surface area (Å²) in [6, 6.07) is 5.46. The Labute approximate surface area is 87.5 Å². The van der Waals surface area contributed by atoms with Gasteiger partial charge < -0.3 is 5.32 Å². The molecule has 1 N–H and O–H groups in total. The highest BCUT2D eigenvalue weighted by molar-refractivity contribution is 7.80. The van der Waals surface area contributed by atoms with E-state index in [-0.39, 0.29) is 5.37 Å². The molecule has 0 aromatic heterocycles. The van der Waals surface area contributed by atoms with E-state index in [9.17, 15) is 0 Å². The van der Waals surface area contributed by atoms with Gasteiger partial charge in [0.2, 0.25) is 0 Å². The lowest BCUT2D eigenvalue weighted by Gasteiger charge is -2.09. The first kappa shape index (κ1) is 10.2. The highest BCUT2D eigenvalue weighted by Gasteiger charge is 2.05. The molecular weight excluding hydrogens is 213 g/mol. The van der Waals surface area contributed by atoms with Gasteiger partial charge in [0.05, 0.1) is 15.4 Å². The van der Waals surface area contributed by atoms with Crippen LogP contribution in [0, 0.1) is 0 Å². The largest absolute Gasteiger partial charge is 0.305 e. The third kappa shape index (κ3) is 2.30. The molecule has 66 valence electrons. The van der Waals surface area contributed by atoms with Gasteiger partial charge in [0.15, 0.2) is 0 Å². The van der Waals surface area contributed by atoms with Gasteiger partial charge in [-0.3, -0.25) is 0 Å². The highest BCUT2D eigenvalue weighted by atomic mass is 35.5. The van der Waals surface area contributed by atoms with Crippen LogP contribution in [0.1, 0.15) is 10.9 Å². The smallest absolute Gasteiger partial charge is 0.0757 e. The van der Waals surface area contributed by atoms with Crippen molar-refractivity contribution in [3.05, 3.63) is 33.8 Å². The monoisotopic (exact) mass is 221 g/mol. The van der Waals surface area contributed by atoms with Gasteiger partial charge in [-0.25, -0.2) is 0 Å². The van der Waals surface area contributed by atoms with Gasteiger partial charge in [-0.2, -0.15) is 12.6 Å². The van der Waals surface area contributed by atoms with Crippen LogP contribution in [0.3, 0.4) is 0 Å². The molecule has 0 saturated carbocycles. The van der Waals surface area contributed by atoms with Crippen LogP contribution in [0.4, 0.5) is 0 Å². The van der Waals surface area contributed by atoms with Crippen molar-refractivity contribution in [3.8, 4) is 0 Å². The van der Waals surface area contributed by atoms with Gasteiger partial charge in [-0.1, -0.05) is 29.3 Å². The van der Waals surface area contributed by atoms with Crippen molar-refractivity contribution >= 4 is 35.8 Å². The summed E-state index contributed by atoms with van der Waals surface area (Å²) >= 11 is 15.9. The molecule has 0 heterocycles. The summed E-state index contributed by atoms with van der Waals surface area (Å²) in [5.74, 6) is 0. The zero-order chi connectivity index (χ0) is 9.14. The molecule has 1 unspecified atom stereocenters. The highest BCUT2D eigenvalue weighted by Crippen LogP contribution is 2.26. The van der Waals surface area contributed by atoms with Crippen LogP contribution in [0.2, 0.25) is 10.0 Å². The van der Waals surface area contributed by atoms with Crippen molar-refractivity contribution in [3.63, 3.8) is 0 Å². The Morgan fingerprint density at radius 3 is 2.50 bits per heavy atom. The quantitative estimate of drug-likeness (QED) is 0.578. The molecule has 0 bridgehead atoms. The van der Waals surface area contributed by atoms with Gasteiger partial charge in [0.1, 0.15) is 0 Å². The average Bonchev–Trinajstić information content (AvgIpc) is 2.08. The van der Waals surface area contributed by atoms with Crippen LogP contribution >= 0.6 is 35.8 Å². The molecule has 0 amide bonds. The molecule has 1 aromatic carbocycles. The molecule has 0 spiro atoms. The van der Waals surface area contributed by atoms with Crippen LogP contribution < -0.4 is 5.32 Å². The Bertz CT molecular complexity index is 278. The number of benzene rings is 1. The van der Waals surface area contributed by atoms with Crippen molar-refractivity contribution < 1.29 is 0 Å². The summed E-state index contributed by atoms with van der Waals surface area (Å²) in [5.41, 5.74) is 1.01. The Balaban J connectivity index is 2.96. The first-order valence-electron chi connectivity index (χ1n) is 3.45. The zero-order valence-electron chi connectivity index (χ0n) is 6.51. The van der Waals surface area contributed by atoms with E-state index in [0.29, 0.717) is 10.0 Å². The van der Waals surface area contributed by atoms with E-state index in [4.69, 9.17) is 23.2 Å². The number of hydrogen-bond acceptors (Lipinski definition) is 2. The molecule has 0 aliphatic carbocycles. The molecular formula is C8H9Cl2NS. The first-order chi connectivity index (χ1) is 5.65. The van der Waals surface area contributed by atoms with E-state index in [1.54, 1.807) is 12.1 Å². The molecule has 1 rings (SSSR count). The SMILES string of the molecule is CNC(S)c1ccc(Cl)c(Cl)c1. The maximum absolute atomic E-state index is 5.82. The fourth-order valence-electron chi connectivity index (χ4n) is 0.849. The summed E-state index contributed by atoms with van der Waals surface area (Å²) in [4.78, 5) is 0. The van der Waals surface area contributed by atoms with Crippen molar-refractivity contribution in [1.29, 1.82) is 0 Å². The average molecular weight is 222 g/mol. The van der Waals surface area contributed by atoms with Crippen molar-refractivity contribution in [1.82, 2.24) is 5.32 Å². The molecule has 12 heavy (non-hydrogen) atoms. The van der Waals surface area contributed by atoms with Crippen molar-refractivity contribution in [2.75, 3.05) is 7.05 Å². The standard InChI is InChI=1S/C8H9Cl2NS/c1-11-8(12)5-2-3-6(9)7(10)4-5/h2-4,8,11-12H,1H3. The van der Waals surface area contributed by atoms with Crippen LogP contribution in [0.15, 0.2) is 18.2 Å². The number of nitrogens with one attached hydrogen (secondary N) is 1. The molecule has 0 saturated heterocycles. The van der Waals surface area contributed by atoms with Crippen molar-refractivity contribution in [2.24, 2.45) is 0 Å². The van der Waals surface area contributed by atoms with Gasteiger partial charge in [-0.05, 0) is 24.7 Å². The Kier molecular flexibility index (Phi) is 3.72. The Hall–Kier alpha value is 0.110. The van der Waals surface area contributed by atoms with E-state index >= 15 is 0 Å². The molecule has 4 heteroatoms. The van der Waals surface area contributed by atoms with E-state index in [1.165, 1.54) is 0 Å². The van der Waals surface area contributed by atoms with Gasteiger partial charge in [-0.15, -0.1) is 0 Å². The molecule has 1 aromatic rings. The maximum Gasteiger partial charge on any atom is 0.0757 e. The third-order valence-corrected chi connectivity index (χ3v) is 2.83. The fraction of sp³-hybridized carbons (Fsp3) is 0.250. The second-order valence-corrected chi connectivity index (χ2v) is 3.70. The number of halogens is 2. The minimum Gasteiger partial charge on any atom is -0.305 e. The normalized spacial score (nSPS) is 13.0. The summed E-state index contributed by atoms with van der Waals surface area (Å²) < 4.78 is 0. The summed E-state index contributed by atoms with van der Waals surface area (Å²) in [7, 11) is 1.83. The molecule has 1 nitrogen and oxygen atoms in total. The molecule has 0 aliphatic rings. The van der Waals surface area contributed by atoms with Crippen LogP contribution in [-0.4, -0.2) is 7.05 Å². The van der Waals surface area contributed by atoms with Gasteiger partial charge >= 0.3 is 0 Å². The number of rotatable bonds is 2. The second-order valence-electron chi connectivity index (χ2n) is 2.36. The zero-order valence-corrected chi connectivity index (χ0v) is 8.92. The Morgan fingerprint density at radius 2 is 2.00 bits per heavy atom. The molecule has 0 fully saturated rings. The van der Waals surface area contributed by atoms with Crippen molar-refractivity contribution in [2.45, 2.75) is 5.37 Å². The lowest BCUT2D eigenvalue weighted by Crippen LogP contribution is -2.09. The number of thiol groups is 1. The fourth-order valence-corrected chi connectivity index (χ4v) is 1.32. The molecule has 0 aliphatic heterocycles. The minimum absolute atomic E-state index is 0.000216. The Morgan fingerprint density at radius 1 is 1.33 bits per heavy atom. The lowest BCUT2D eigenvalue weighted by molar-refractivity contribution is 0.800. The molecule has 0 radical (unpaired) electrons. The van der Waals surface area contributed by atoms with Gasteiger partial charge in [0, 0.05) is 0 Å². The number of hydrogen-bond donors (Lipinski definition) is 2. The van der Waals surface area contributed by atoms with Crippen LogP contribution in [-0.2, 0) is 0 Å². The minimum atomic E-state index is -0.000216. The summed E-state index contributed by atoms with van der Waals surface area (Å²) in [6.45, 7) is 0. The molecule has 1 atom stereocenters. The maximum atomic E-state index is 5.82. The predicted molar refractivity (Wildman–Crippen MR) is 57.2 cm³/mol. The first-order valence-corrected chi connectivity index (χ1v) is 4.72. The van der Waals surface area contributed by atoms with E-state index in [2.05, 4.69) is 17.9 Å². The van der Waals surface area contributed by atoms with E-state index in [1.807, 2.05) is 13.1 Å². The van der Waals surface area contributed by atoms with Crippen LogP contribution in [0.5, 0.6) is 0 Å². The second kappa shape index (κ2) is 4.38. The van der Waals surface area contributed by atoms with E-state index in [0.717, 1.165) is 5.56 Å². The van der Waals surface area contributed by atoms with Crippen LogP contribution in [0.25, 0.3) is 0 Å². The van der Waals surface area contributed by atoms with Gasteiger partial charge in [0.25, 0.3) is 0 Å². The topological polar surface area (TPSA) is 12.0 Å². The van der Waals surface area contributed by atoms with E-state index < -0.39 is 0 Å². The summed E-state index contributed by atoms with van der Waals surface area (Å²) in [5, 5.41) is 4.12. The summed E-state index contributed by atoms with van der Waals surface area (Å²) in [6.07, 6.45) is 0. The third-order valence-electron chi connectivity index (χ3n) is 1.53. The lowest BCUT2D eigenvalue weighted by atomic mass is 10.2. The predicted octanol–water partition coefficient (Wildman–Crippen LogP) is 3.14.